The van der Waals surface area contributed by atoms with E-state index in [0.717, 1.165) is 0 Å². The maximum atomic E-state index is 13.1. The van der Waals surface area contributed by atoms with Crippen molar-refractivity contribution >= 4 is 9.84 Å². The maximum Gasteiger partial charge on any atom is 0.178 e. The highest BCUT2D eigenvalue weighted by atomic mass is 32.2. The van der Waals surface area contributed by atoms with Gasteiger partial charge in [-0.05, 0) is 35.8 Å². The molecule has 0 spiro atoms. The van der Waals surface area contributed by atoms with Gasteiger partial charge in [-0.15, -0.1) is 0 Å². The summed E-state index contributed by atoms with van der Waals surface area (Å²) in [6.45, 7) is 5.50. The summed E-state index contributed by atoms with van der Waals surface area (Å²) in [5.74, 6) is 0.0147. The fourth-order valence-electron chi connectivity index (χ4n) is 1.74. The first-order valence-electron chi connectivity index (χ1n) is 6.64. The van der Waals surface area contributed by atoms with E-state index in [-0.39, 0.29) is 29.2 Å². The first-order valence-corrected chi connectivity index (χ1v) is 8.29. The van der Waals surface area contributed by atoms with E-state index < -0.39 is 15.7 Å². The van der Waals surface area contributed by atoms with Gasteiger partial charge in [-0.3, -0.25) is 0 Å². The summed E-state index contributed by atoms with van der Waals surface area (Å²) in [4.78, 5) is 0.239. The second kappa shape index (κ2) is 7.04. The summed E-state index contributed by atoms with van der Waals surface area (Å²) < 4.78 is 42.7. The van der Waals surface area contributed by atoms with Gasteiger partial charge >= 0.3 is 0 Å². The van der Waals surface area contributed by atoms with Crippen LogP contribution in [-0.4, -0.2) is 27.3 Å². The predicted molar refractivity (Wildman–Crippen MR) is 81.7 cm³/mol. The largest absolute Gasteiger partial charge is 0.487 e. The Kier molecular flexibility index (Phi) is 5.92. The Hall–Kier alpha value is -1.40. The maximum absolute atomic E-state index is 13.1. The molecule has 0 bridgehead atoms. The van der Waals surface area contributed by atoms with Crippen molar-refractivity contribution in [3.8, 4) is 5.75 Å². The predicted octanol–water partition coefficient (Wildman–Crippen LogP) is 2.70. The number of sulfone groups is 1. The lowest BCUT2D eigenvalue weighted by atomic mass is 10.0. The first kappa shape index (κ1) is 17.7. The molecular weight excluding hydrogens is 293 g/mol. The number of benzene rings is 1. The molecule has 0 heterocycles. The van der Waals surface area contributed by atoms with Crippen LogP contribution in [0.1, 0.15) is 20.8 Å². The number of hydrogen-bond acceptors (Lipinski definition) is 4. The van der Waals surface area contributed by atoms with Crippen LogP contribution in [-0.2, 0) is 9.84 Å². The minimum absolute atomic E-state index is 0.0636. The van der Waals surface area contributed by atoms with Gasteiger partial charge in [-0.2, -0.15) is 0 Å². The van der Waals surface area contributed by atoms with Crippen molar-refractivity contribution in [2.24, 2.45) is 11.1 Å². The van der Waals surface area contributed by atoms with Crippen molar-refractivity contribution in [2.45, 2.75) is 25.7 Å². The third kappa shape index (κ3) is 6.27. The van der Waals surface area contributed by atoms with Crippen LogP contribution in [0.5, 0.6) is 5.75 Å². The van der Waals surface area contributed by atoms with Crippen molar-refractivity contribution < 1.29 is 17.5 Å². The fraction of sp³-hybridized carbons (Fsp3) is 0.467. The number of nitrogens with two attached hydrogens (primary N) is 1. The van der Waals surface area contributed by atoms with Gasteiger partial charge in [0.05, 0.1) is 10.6 Å². The van der Waals surface area contributed by atoms with Gasteiger partial charge in [-0.25, -0.2) is 12.8 Å². The van der Waals surface area contributed by atoms with Crippen LogP contribution in [0.15, 0.2) is 41.1 Å². The summed E-state index contributed by atoms with van der Waals surface area (Å²) in [5.41, 5.74) is 4.86. The average molecular weight is 315 g/mol. The molecule has 2 N–H and O–H groups in total. The summed E-state index contributed by atoms with van der Waals surface area (Å²) in [5, 5.41) is 0. The second-order valence-electron chi connectivity index (χ2n) is 5.97. The Morgan fingerprint density at radius 2 is 1.86 bits per heavy atom. The van der Waals surface area contributed by atoms with Crippen molar-refractivity contribution in [2.75, 3.05) is 18.9 Å². The van der Waals surface area contributed by atoms with E-state index in [1.807, 2.05) is 20.8 Å². The lowest BCUT2D eigenvalue weighted by Crippen LogP contribution is -2.20. The molecule has 0 radical (unpaired) electrons. The lowest BCUT2D eigenvalue weighted by Gasteiger charge is -2.18. The van der Waals surface area contributed by atoms with Gasteiger partial charge in [0.2, 0.25) is 0 Å². The topological polar surface area (TPSA) is 69.4 Å². The molecule has 4 nitrogen and oxygen atoms in total. The summed E-state index contributed by atoms with van der Waals surface area (Å²) in [6.07, 6.45) is 1.22. The Balaban J connectivity index is 2.76. The van der Waals surface area contributed by atoms with Crippen LogP contribution >= 0.6 is 0 Å². The summed E-state index contributed by atoms with van der Waals surface area (Å²) >= 11 is 0. The summed E-state index contributed by atoms with van der Waals surface area (Å²) in [7, 11) is -3.33. The van der Waals surface area contributed by atoms with Crippen LogP contribution in [0.3, 0.4) is 0 Å². The zero-order valence-electron chi connectivity index (χ0n) is 12.6. The molecule has 0 amide bonds. The Labute approximate surface area is 125 Å². The van der Waals surface area contributed by atoms with Gasteiger partial charge < -0.3 is 10.5 Å². The highest BCUT2D eigenvalue weighted by Crippen LogP contribution is 2.23. The molecule has 0 aliphatic rings. The van der Waals surface area contributed by atoms with Crippen LogP contribution in [0, 0.1) is 5.41 Å². The summed E-state index contributed by atoms with van der Waals surface area (Å²) in [6, 6.07) is 5.98. The second-order valence-corrected chi connectivity index (χ2v) is 7.96. The van der Waals surface area contributed by atoms with E-state index in [1.54, 1.807) is 0 Å². The highest BCUT2D eigenvalue weighted by molar-refractivity contribution is 7.91. The normalized spacial score (nSPS) is 13.3. The molecule has 1 rings (SSSR count). The number of halogens is 1. The molecule has 21 heavy (non-hydrogen) atoms. The molecule has 0 saturated heterocycles. The molecule has 0 unspecified atom stereocenters. The van der Waals surface area contributed by atoms with Crippen LogP contribution in [0.2, 0.25) is 0 Å². The molecule has 0 aliphatic carbocycles. The molecule has 0 saturated carbocycles. The van der Waals surface area contributed by atoms with Gasteiger partial charge in [-0.1, -0.05) is 20.8 Å². The molecule has 0 atom stereocenters. The van der Waals surface area contributed by atoms with E-state index in [1.165, 1.54) is 30.3 Å². The number of hydrogen-bond donors (Lipinski definition) is 1. The van der Waals surface area contributed by atoms with E-state index in [9.17, 15) is 12.8 Å². The van der Waals surface area contributed by atoms with Crippen LogP contribution < -0.4 is 10.5 Å². The minimum Gasteiger partial charge on any atom is -0.487 e. The van der Waals surface area contributed by atoms with Crippen molar-refractivity contribution in [1.29, 1.82) is 0 Å². The van der Waals surface area contributed by atoms with E-state index in [0.29, 0.717) is 5.75 Å². The molecule has 0 fully saturated rings. The SMILES string of the molecule is CC(C)(C)CS(=O)(=O)c1ccc(OC/C(F)=C\CN)cc1. The number of ether oxygens (including phenoxy) is 1. The quantitative estimate of drug-likeness (QED) is 0.876. The molecule has 118 valence electrons. The monoisotopic (exact) mass is 315 g/mol. The van der Waals surface area contributed by atoms with E-state index in [2.05, 4.69) is 0 Å². The number of rotatable bonds is 6. The zero-order chi connectivity index (χ0) is 16.1. The molecule has 1 aromatic carbocycles. The molecule has 0 aliphatic heterocycles. The Morgan fingerprint density at radius 3 is 2.33 bits per heavy atom. The van der Waals surface area contributed by atoms with Gasteiger partial charge in [0.25, 0.3) is 0 Å². The molecule has 6 heteroatoms. The third-order valence-corrected chi connectivity index (χ3v) is 4.76. The molecular formula is C15H22FNO3S. The van der Waals surface area contributed by atoms with Crippen molar-refractivity contribution in [3.05, 3.63) is 36.2 Å². The van der Waals surface area contributed by atoms with Gasteiger partial charge in [0, 0.05) is 6.54 Å². The first-order chi connectivity index (χ1) is 9.64. The van der Waals surface area contributed by atoms with Crippen LogP contribution in [0.25, 0.3) is 0 Å². The molecule has 0 aromatic heterocycles. The minimum atomic E-state index is -3.33. The zero-order valence-corrected chi connectivity index (χ0v) is 13.4. The fourth-order valence-corrected chi connectivity index (χ4v) is 3.59. The highest BCUT2D eigenvalue weighted by Gasteiger charge is 2.23. The van der Waals surface area contributed by atoms with E-state index >= 15 is 0 Å². The van der Waals surface area contributed by atoms with Crippen molar-refractivity contribution in [3.63, 3.8) is 0 Å². The smallest absolute Gasteiger partial charge is 0.178 e. The Bertz CT molecular complexity index is 586. The Morgan fingerprint density at radius 1 is 1.29 bits per heavy atom. The average Bonchev–Trinajstić information content (AvgIpc) is 2.34. The third-order valence-electron chi connectivity index (χ3n) is 2.52. The molecule has 1 aromatic rings. The van der Waals surface area contributed by atoms with Crippen LogP contribution in [0.4, 0.5) is 4.39 Å². The van der Waals surface area contributed by atoms with Crippen molar-refractivity contribution in [1.82, 2.24) is 0 Å². The lowest BCUT2D eigenvalue weighted by molar-refractivity contribution is 0.318. The van der Waals surface area contributed by atoms with Gasteiger partial charge in [0.15, 0.2) is 9.84 Å². The van der Waals surface area contributed by atoms with Gasteiger partial charge in [0.1, 0.15) is 18.2 Å². The van der Waals surface area contributed by atoms with E-state index in [4.69, 9.17) is 10.5 Å². The standard InChI is InChI=1S/C15H22FNO3S/c1-15(2,3)11-21(18,19)14-6-4-13(5-7-14)20-10-12(16)8-9-17/h4-8H,9-11,17H2,1-3H3/b12-8+.